The van der Waals surface area contributed by atoms with Gasteiger partial charge in [0.05, 0.1) is 14.2 Å². The second-order valence-electron chi connectivity index (χ2n) is 16.5. The van der Waals surface area contributed by atoms with E-state index in [0.29, 0.717) is 0 Å². The van der Waals surface area contributed by atoms with Gasteiger partial charge in [-0.2, -0.15) is 8.42 Å². The summed E-state index contributed by atoms with van der Waals surface area (Å²) < 4.78 is 41.3. The van der Waals surface area contributed by atoms with Gasteiger partial charge in [-0.1, -0.05) is 280 Å². The van der Waals surface area contributed by atoms with Crippen LogP contribution in [-0.2, 0) is 31.1 Å². The average molecular weight is 1020 g/mol. The summed E-state index contributed by atoms with van der Waals surface area (Å²) in [6.07, 6.45) is 0. The van der Waals surface area contributed by atoms with Gasteiger partial charge < -0.3 is 0 Å². The van der Waals surface area contributed by atoms with Crippen LogP contribution in [0.1, 0.15) is 25.0 Å². The zero-order chi connectivity index (χ0) is 52.7. The lowest BCUT2D eigenvalue weighted by Gasteiger charge is -2.22. The molecule has 2 unspecified atom stereocenters. The fourth-order valence-corrected chi connectivity index (χ4v) is 8.49. The molecule has 10 aromatic carbocycles. The summed E-state index contributed by atoms with van der Waals surface area (Å²) in [6, 6.07) is 91.8. The molecule has 0 radical (unpaired) electrons. The smallest absolute Gasteiger partial charge is 0.284 e. The molecule has 2 N–H and O–H groups in total. The lowest BCUT2D eigenvalue weighted by molar-refractivity contribution is 0.378. The zero-order valence-corrected chi connectivity index (χ0v) is 44.2. The third-order valence-corrected chi connectivity index (χ3v) is 12.4. The molecule has 0 bridgehead atoms. The number of aryl methyl sites for hydroxylation is 2. The summed E-state index contributed by atoms with van der Waals surface area (Å²) in [4.78, 5) is 0. The van der Waals surface area contributed by atoms with E-state index in [2.05, 4.69) is 277 Å². The predicted octanol–water partition coefficient (Wildman–Crippen LogP) is 17.9. The SMILES string of the molecule is CC.COS(=O)O.COS(=O)O.Cc1ccc(C)cc1.c1ccc(-c2ccc(-c3ccccc3)c(-c3ccc(-c4c(-c5ccccc5)ccc(-c5ccccc5)c4-c4ccccc4)cc3)c2-c2ccccc2)cc1. The van der Waals surface area contributed by atoms with E-state index in [1.807, 2.05) is 13.8 Å². The van der Waals surface area contributed by atoms with E-state index < -0.39 is 22.7 Å². The van der Waals surface area contributed by atoms with Crippen molar-refractivity contribution in [1.29, 1.82) is 0 Å². The molecular formula is C66H62O6S2. The normalized spacial score (nSPS) is 11.1. The first-order valence-corrected chi connectivity index (χ1v) is 26.3. The minimum absolute atomic E-state index is 1.15. The van der Waals surface area contributed by atoms with Gasteiger partial charge in [0.25, 0.3) is 0 Å². The highest BCUT2D eigenvalue weighted by atomic mass is 32.2. The van der Waals surface area contributed by atoms with Crippen LogP contribution in [0.15, 0.2) is 255 Å². The molecule has 0 heterocycles. The summed E-state index contributed by atoms with van der Waals surface area (Å²) in [5.41, 5.74) is 22.0. The number of rotatable bonds is 10. The van der Waals surface area contributed by atoms with Crippen molar-refractivity contribution in [2.75, 3.05) is 14.2 Å². The molecule has 0 saturated carbocycles. The van der Waals surface area contributed by atoms with Gasteiger partial charge in [-0.3, -0.25) is 17.5 Å². The first kappa shape index (κ1) is 55.7. The van der Waals surface area contributed by atoms with Crippen molar-refractivity contribution in [1.82, 2.24) is 0 Å². The third kappa shape index (κ3) is 15.2. The maximum Gasteiger partial charge on any atom is 0.301 e. The lowest BCUT2D eigenvalue weighted by Crippen LogP contribution is -1.96. The molecule has 0 amide bonds. The van der Waals surface area contributed by atoms with E-state index in [1.54, 1.807) is 0 Å². The van der Waals surface area contributed by atoms with E-state index >= 15 is 0 Å². The standard InChI is InChI=1S/C54H38.C8H10.C2H6.2CH4O3S/c1-7-19-39(20-8-1)47-35-37-49(41-23-11-3-12-24-41)53(51(47)43-27-15-5-16-28-43)45-31-33-46(34-32-45)54-50(42-25-13-4-14-26-42)38-36-48(40-21-9-2-10-22-40)52(54)44-29-17-6-18-30-44;1-7-3-5-8(2)6-4-7;1-2;2*1-4-5(2)3/h1-38H;3-6H,1-2H3;1-2H3;2*1H3,(H,2,3). The molecule has 0 spiro atoms. The van der Waals surface area contributed by atoms with Crippen LogP contribution in [0.2, 0.25) is 0 Å². The largest absolute Gasteiger partial charge is 0.301 e. The van der Waals surface area contributed by atoms with Crippen LogP contribution in [0.25, 0.3) is 89.0 Å². The Bertz CT molecular complexity index is 3060. The summed E-state index contributed by atoms with van der Waals surface area (Å²) in [6.45, 7) is 8.19. The molecule has 74 heavy (non-hydrogen) atoms. The Labute approximate surface area is 443 Å². The Balaban J connectivity index is 0.000000378. The van der Waals surface area contributed by atoms with Crippen LogP contribution >= 0.6 is 0 Å². The summed E-state index contributed by atoms with van der Waals surface area (Å²) >= 11 is -4.15. The van der Waals surface area contributed by atoms with E-state index in [9.17, 15) is 8.42 Å². The molecule has 6 nitrogen and oxygen atoms in total. The molecular weight excluding hydrogens is 953 g/mol. The summed E-state index contributed by atoms with van der Waals surface area (Å²) in [5.74, 6) is 0. The Morgan fingerprint density at radius 1 is 0.270 bits per heavy atom. The summed E-state index contributed by atoms with van der Waals surface area (Å²) in [7, 11) is 2.30. The van der Waals surface area contributed by atoms with Crippen LogP contribution in [0.4, 0.5) is 0 Å². The minimum Gasteiger partial charge on any atom is -0.284 e. The van der Waals surface area contributed by atoms with Crippen molar-refractivity contribution in [2.45, 2.75) is 27.7 Å². The van der Waals surface area contributed by atoms with Crippen LogP contribution in [0.5, 0.6) is 0 Å². The minimum atomic E-state index is -2.07. The molecule has 8 heteroatoms. The van der Waals surface area contributed by atoms with E-state index in [-0.39, 0.29) is 0 Å². The molecule has 0 aliphatic carbocycles. The molecule has 374 valence electrons. The van der Waals surface area contributed by atoms with Crippen molar-refractivity contribution in [2.24, 2.45) is 0 Å². The topological polar surface area (TPSA) is 93.1 Å². The van der Waals surface area contributed by atoms with Crippen molar-refractivity contribution < 1.29 is 25.9 Å². The molecule has 0 aromatic heterocycles. The Kier molecular flexibility index (Phi) is 21.9. The van der Waals surface area contributed by atoms with Crippen LogP contribution < -0.4 is 0 Å². The van der Waals surface area contributed by atoms with Gasteiger partial charge in [0, 0.05) is 0 Å². The highest BCUT2D eigenvalue weighted by Crippen LogP contribution is 2.48. The maximum atomic E-state index is 9.26. The Morgan fingerprint density at radius 3 is 0.608 bits per heavy atom. The van der Waals surface area contributed by atoms with Crippen LogP contribution in [0.3, 0.4) is 0 Å². The van der Waals surface area contributed by atoms with Gasteiger partial charge in [-0.05, 0) is 103 Å². The van der Waals surface area contributed by atoms with E-state index in [4.69, 9.17) is 9.11 Å². The predicted molar refractivity (Wildman–Crippen MR) is 313 cm³/mol. The van der Waals surface area contributed by atoms with Crippen molar-refractivity contribution >= 4 is 22.7 Å². The van der Waals surface area contributed by atoms with Crippen LogP contribution in [-0.4, -0.2) is 31.7 Å². The quantitative estimate of drug-likeness (QED) is 0.133. The molecule has 0 fully saturated rings. The number of benzene rings is 10. The molecule has 10 aromatic rings. The molecule has 0 aliphatic rings. The van der Waals surface area contributed by atoms with Crippen LogP contribution in [0, 0.1) is 13.8 Å². The zero-order valence-electron chi connectivity index (χ0n) is 42.6. The second-order valence-corrected chi connectivity index (χ2v) is 18.1. The highest BCUT2D eigenvalue weighted by molar-refractivity contribution is 7.74. The molecule has 0 aliphatic heterocycles. The second kappa shape index (κ2) is 29.1. The average Bonchev–Trinajstić information content (AvgIpc) is 3.47. The lowest BCUT2D eigenvalue weighted by atomic mass is 9.81. The Morgan fingerprint density at radius 2 is 0.432 bits per heavy atom. The third-order valence-electron chi connectivity index (χ3n) is 11.8. The Hall–Kier alpha value is -7.66. The molecule has 2 atom stereocenters. The van der Waals surface area contributed by atoms with Gasteiger partial charge >= 0.3 is 22.7 Å². The summed E-state index contributed by atoms with van der Waals surface area (Å²) in [5, 5.41) is 0. The molecule has 10 rings (SSSR count). The van der Waals surface area contributed by atoms with Crippen molar-refractivity contribution in [3.05, 3.63) is 266 Å². The first-order chi connectivity index (χ1) is 36.2. The number of hydrogen-bond donors (Lipinski definition) is 2. The van der Waals surface area contributed by atoms with Crippen molar-refractivity contribution in [3.8, 4) is 89.0 Å². The van der Waals surface area contributed by atoms with Gasteiger partial charge in [-0.25, -0.2) is 0 Å². The molecule has 0 saturated heterocycles. The fraction of sp³-hybridized carbons (Fsp3) is 0.0909. The number of hydrogen-bond acceptors (Lipinski definition) is 4. The van der Waals surface area contributed by atoms with Gasteiger partial charge in [0.1, 0.15) is 0 Å². The maximum absolute atomic E-state index is 9.26. The monoisotopic (exact) mass is 1010 g/mol. The van der Waals surface area contributed by atoms with Gasteiger partial charge in [-0.15, -0.1) is 0 Å². The first-order valence-electron chi connectivity index (χ1n) is 24.3. The highest BCUT2D eigenvalue weighted by Gasteiger charge is 2.22. The van der Waals surface area contributed by atoms with Gasteiger partial charge in [0.2, 0.25) is 0 Å². The van der Waals surface area contributed by atoms with E-state index in [1.165, 1.54) is 100 Å². The van der Waals surface area contributed by atoms with E-state index in [0.717, 1.165) is 14.2 Å². The van der Waals surface area contributed by atoms with Crippen molar-refractivity contribution in [3.63, 3.8) is 0 Å². The van der Waals surface area contributed by atoms with Gasteiger partial charge in [0.15, 0.2) is 0 Å². The fourth-order valence-electron chi connectivity index (χ4n) is 8.49.